The van der Waals surface area contributed by atoms with Crippen LogP contribution in [0, 0.1) is 0 Å². The molecule has 0 atom stereocenters. The van der Waals surface area contributed by atoms with Gasteiger partial charge in [-0.1, -0.05) is 80.4 Å². The third kappa shape index (κ3) is 5.00. The molecule has 32 heavy (non-hydrogen) atoms. The molecule has 0 aliphatic carbocycles. The number of aliphatic carboxylic acids is 1. The molecule has 0 spiro atoms. The van der Waals surface area contributed by atoms with E-state index in [0.29, 0.717) is 12.4 Å². The number of rotatable bonds is 9. The van der Waals surface area contributed by atoms with Crippen LogP contribution in [0.1, 0.15) is 26.2 Å². The van der Waals surface area contributed by atoms with Gasteiger partial charge in [-0.05, 0) is 40.1 Å². The zero-order valence-electron chi connectivity index (χ0n) is 18.1. The normalized spacial score (nSPS) is 10.7. The minimum Gasteiger partial charge on any atom is -0.493 e. The summed E-state index contributed by atoms with van der Waals surface area (Å²) in [6.07, 6.45) is 3.23. The summed E-state index contributed by atoms with van der Waals surface area (Å²) in [7, 11) is 0. The van der Waals surface area contributed by atoms with Crippen LogP contribution < -0.4 is 9.47 Å². The van der Waals surface area contributed by atoms with E-state index in [0.717, 1.165) is 57.7 Å². The highest BCUT2D eigenvalue weighted by Gasteiger charge is 2.19. The molecule has 0 aliphatic rings. The SMILES string of the molecule is CCCCCOc1ccc2ccccc2c1-c1c(OCC(=O)O)ccc2ccccc12.S. The number of benzene rings is 4. The molecule has 0 unspecified atom stereocenters. The van der Waals surface area contributed by atoms with Crippen LogP contribution in [0.4, 0.5) is 0 Å². The predicted octanol–water partition coefficient (Wildman–Crippen LogP) is 6.81. The maximum atomic E-state index is 11.2. The first-order chi connectivity index (χ1) is 15.2. The first kappa shape index (κ1) is 23.5. The minimum atomic E-state index is -1.01. The van der Waals surface area contributed by atoms with Crippen molar-refractivity contribution < 1.29 is 19.4 Å². The highest BCUT2D eigenvalue weighted by Crippen LogP contribution is 2.45. The van der Waals surface area contributed by atoms with Crippen LogP contribution in [-0.2, 0) is 4.79 Å². The fourth-order valence-corrected chi connectivity index (χ4v) is 3.93. The first-order valence-corrected chi connectivity index (χ1v) is 10.7. The molecule has 0 aromatic heterocycles. The second-order valence-electron chi connectivity index (χ2n) is 7.56. The molecule has 1 N–H and O–H groups in total. The largest absolute Gasteiger partial charge is 0.493 e. The highest BCUT2D eigenvalue weighted by molar-refractivity contribution is 7.59. The van der Waals surface area contributed by atoms with Gasteiger partial charge in [0.25, 0.3) is 0 Å². The van der Waals surface area contributed by atoms with Crippen LogP contribution in [0.3, 0.4) is 0 Å². The van der Waals surface area contributed by atoms with Crippen LogP contribution >= 0.6 is 13.5 Å². The van der Waals surface area contributed by atoms with Crippen LogP contribution in [0.2, 0.25) is 0 Å². The molecule has 0 fully saturated rings. The van der Waals surface area contributed by atoms with Gasteiger partial charge in [0.1, 0.15) is 11.5 Å². The van der Waals surface area contributed by atoms with E-state index in [1.54, 1.807) is 0 Å². The Labute approximate surface area is 195 Å². The lowest BCUT2D eigenvalue weighted by atomic mass is 9.92. The minimum absolute atomic E-state index is 0. The molecular formula is C27H28O4S. The van der Waals surface area contributed by atoms with Gasteiger partial charge in [-0.15, -0.1) is 0 Å². The van der Waals surface area contributed by atoms with E-state index in [1.807, 2.05) is 54.6 Å². The molecule has 4 nitrogen and oxygen atoms in total. The Balaban J connectivity index is 0.00000289. The second kappa shape index (κ2) is 10.9. The zero-order chi connectivity index (χ0) is 21.6. The smallest absolute Gasteiger partial charge is 0.341 e. The van der Waals surface area contributed by atoms with Crippen LogP contribution in [0.25, 0.3) is 32.7 Å². The van der Waals surface area contributed by atoms with E-state index in [9.17, 15) is 9.90 Å². The molecule has 0 aliphatic heterocycles. The molecule has 5 heteroatoms. The number of carboxylic acids is 1. The summed E-state index contributed by atoms with van der Waals surface area (Å²) in [5.74, 6) is 0.315. The Bertz CT molecular complexity index is 1220. The van der Waals surface area contributed by atoms with Gasteiger partial charge in [-0.25, -0.2) is 4.79 Å². The van der Waals surface area contributed by atoms with Gasteiger partial charge in [0.2, 0.25) is 0 Å². The van der Waals surface area contributed by atoms with Crippen molar-refractivity contribution in [2.75, 3.05) is 13.2 Å². The topological polar surface area (TPSA) is 55.8 Å². The maximum absolute atomic E-state index is 11.2. The van der Waals surface area contributed by atoms with Gasteiger partial charge >= 0.3 is 5.97 Å². The summed E-state index contributed by atoms with van der Waals surface area (Å²) < 4.78 is 12.0. The Hall–Kier alpha value is -3.18. The molecule has 0 bridgehead atoms. The first-order valence-electron chi connectivity index (χ1n) is 10.7. The summed E-state index contributed by atoms with van der Waals surface area (Å²) in [6, 6.07) is 24.1. The lowest BCUT2D eigenvalue weighted by Gasteiger charge is -2.19. The third-order valence-corrected chi connectivity index (χ3v) is 5.39. The Kier molecular flexibility index (Phi) is 8.01. The lowest BCUT2D eigenvalue weighted by molar-refractivity contribution is -0.139. The number of hydrogen-bond acceptors (Lipinski definition) is 3. The number of fused-ring (bicyclic) bond motifs is 2. The molecule has 166 valence electrons. The summed E-state index contributed by atoms with van der Waals surface area (Å²) in [5.41, 5.74) is 1.80. The van der Waals surface area contributed by atoms with Crippen molar-refractivity contribution in [3.8, 4) is 22.6 Å². The Morgan fingerprint density at radius 3 is 1.81 bits per heavy atom. The van der Waals surface area contributed by atoms with Crippen LogP contribution in [0.15, 0.2) is 72.8 Å². The van der Waals surface area contributed by atoms with E-state index < -0.39 is 12.6 Å². The summed E-state index contributed by atoms with van der Waals surface area (Å²) in [6.45, 7) is 2.40. The van der Waals surface area contributed by atoms with E-state index in [2.05, 4.69) is 25.1 Å². The summed E-state index contributed by atoms with van der Waals surface area (Å²) >= 11 is 0. The quantitative estimate of drug-likeness (QED) is 0.286. The van der Waals surface area contributed by atoms with Crippen molar-refractivity contribution in [2.45, 2.75) is 26.2 Å². The molecule has 0 radical (unpaired) electrons. The van der Waals surface area contributed by atoms with Crippen LogP contribution in [-0.4, -0.2) is 24.3 Å². The average Bonchev–Trinajstić information content (AvgIpc) is 2.80. The standard InChI is InChI=1S/C27H26O4.H2S/c1-2-3-8-17-30-23-15-13-19-9-4-6-11-21(19)26(23)27-22-12-7-5-10-20(22)14-16-24(27)31-18-25(28)29;/h4-7,9-16H,2-3,8,17-18H2,1H3,(H,28,29);1H2. The zero-order valence-corrected chi connectivity index (χ0v) is 19.1. The third-order valence-electron chi connectivity index (χ3n) is 5.39. The van der Waals surface area contributed by atoms with Crippen molar-refractivity contribution in [3.63, 3.8) is 0 Å². The number of ether oxygens (including phenoxy) is 2. The van der Waals surface area contributed by atoms with Crippen molar-refractivity contribution in [1.29, 1.82) is 0 Å². The molecule has 0 amide bonds. The number of hydrogen-bond donors (Lipinski definition) is 1. The number of carbonyl (C=O) groups is 1. The van der Waals surface area contributed by atoms with E-state index in [1.165, 1.54) is 0 Å². The molecule has 0 heterocycles. The number of carboxylic acid groups (broad SMARTS) is 1. The Morgan fingerprint density at radius 2 is 1.28 bits per heavy atom. The van der Waals surface area contributed by atoms with Gasteiger partial charge in [-0.3, -0.25) is 0 Å². The molecule has 4 aromatic rings. The van der Waals surface area contributed by atoms with Crippen LogP contribution in [0.5, 0.6) is 11.5 Å². The van der Waals surface area contributed by atoms with Crippen molar-refractivity contribution >= 4 is 41.0 Å². The molecular weight excluding hydrogens is 420 g/mol. The molecule has 4 aromatic carbocycles. The van der Waals surface area contributed by atoms with Crippen molar-refractivity contribution in [1.82, 2.24) is 0 Å². The fourth-order valence-electron chi connectivity index (χ4n) is 3.93. The Morgan fingerprint density at radius 1 is 0.750 bits per heavy atom. The summed E-state index contributed by atoms with van der Waals surface area (Å²) in [4.78, 5) is 11.2. The monoisotopic (exact) mass is 448 g/mol. The molecule has 0 saturated carbocycles. The summed E-state index contributed by atoms with van der Waals surface area (Å²) in [5, 5.41) is 13.4. The lowest BCUT2D eigenvalue weighted by Crippen LogP contribution is -2.10. The average molecular weight is 449 g/mol. The van der Waals surface area contributed by atoms with E-state index >= 15 is 0 Å². The molecule has 4 rings (SSSR count). The van der Waals surface area contributed by atoms with E-state index in [4.69, 9.17) is 9.47 Å². The highest BCUT2D eigenvalue weighted by atomic mass is 32.1. The van der Waals surface area contributed by atoms with Gasteiger partial charge in [0.15, 0.2) is 6.61 Å². The molecule has 0 saturated heterocycles. The second-order valence-corrected chi connectivity index (χ2v) is 7.56. The van der Waals surface area contributed by atoms with Crippen molar-refractivity contribution in [2.24, 2.45) is 0 Å². The van der Waals surface area contributed by atoms with Crippen molar-refractivity contribution in [3.05, 3.63) is 72.8 Å². The predicted molar refractivity (Wildman–Crippen MR) is 135 cm³/mol. The van der Waals surface area contributed by atoms with Gasteiger partial charge in [-0.2, -0.15) is 13.5 Å². The van der Waals surface area contributed by atoms with Gasteiger partial charge in [0, 0.05) is 11.1 Å². The maximum Gasteiger partial charge on any atom is 0.341 e. The number of unbranched alkanes of at least 4 members (excludes halogenated alkanes) is 2. The van der Waals surface area contributed by atoms with Gasteiger partial charge < -0.3 is 14.6 Å². The van der Waals surface area contributed by atoms with E-state index in [-0.39, 0.29) is 13.5 Å². The fraction of sp³-hybridized carbons (Fsp3) is 0.222. The van der Waals surface area contributed by atoms with Gasteiger partial charge in [0.05, 0.1) is 6.61 Å².